The van der Waals surface area contributed by atoms with E-state index in [0.29, 0.717) is 26.3 Å². The number of amides is 1. The molecule has 1 heterocycles. The maximum absolute atomic E-state index is 12.5. The second-order valence-corrected chi connectivity index (χ2v) is 8.50. The summed E-state index contributed by atoms with van der Waals surface area (Å²) in [6, 6.07) is 4.18. The van der Waals surface area contributed by atoms with Crippen LogP contribution in [0.15, 0.2) is 23.1 Å². The molecule has 0 aliphatic carbocycles. The van der Waals surface area contributed by atoms with E-state index in [4.69, 9.17) is 27.9 Å². The van der Waals surface area contributed by atoms with Crippen molar-refractivity contribution in [3.63, 3.8) is 0 Å². The average molecular weight is 410 g/mol. The summed E-state index contributed by atoms with van der Waals surface area (Å²) >= 11 is 11.8. The minimum atomic E-state index is -3.90. The highest BCUT2D eigenvalue weighted by molar-refractivity contribution is 7.89. The third-order valence-electron chi connectivity index (χ3n) is 3.80. The lowest BCUT2D eigenvalue weighted by atomic mass is 10.4. The number of carbonyl (C=O) groups excluding carboxylic acids is 1. The molecule has 0 bridgehead atoms. The SMILES string of the molecule is CN(CC(=O)NCCN1CCOCC1)S(=O)(=O)c1cc(Cl)ccc1Cl. The van der Waals surface area contributed by atoms with Gasteiger partial charge in [-0.2, -0.15) is 4.31 Å². The minimum Gasteiger partial charge on any atom is -0.379 e. The normalized spacial score (nSPS) is 16.2. The third-order valence-corrected chi connectivity index (χ3v) is 6.32. The van der Waals surface area contributed by atoms with Crippen molar-refractivity contribution in [2.75, 3.05) is 53.0 Å². The Morgan fingerprint density at radius 2 is 2.00 bits per heavy atom. The molecule has 1 fully saturated rings. The van der Waals surface area contributed by atoms with E-state index in [9.17, 15) is 13.2 Å². The van der Waals surface area contributed by atoms with Crippen molar-refractivity contribution in [3.8, 4) is 0 Å². The van der Waals surface area contributed by atoms with Crippen LogP contribution in [0.4, 0.5) is 0 Å². The summed E-state index contributed by atoms with van der Waals surface area (Å²) < 4.78 is 31.3. The van der Waals surface area contributed by atoms with Crippen molar-refractivity contribution in [3.05, 3.63) is 28.2 Å². The highest BCUT2D eigenvalue weighted by atomic mass is 35.5. The molecule has 1 aromatic rings. The second-order valence-electron chi connectivity index (χ2n) is 5.64. The van der Waals surface area contributed by atoms with Gasteiger partial charge in [0.05, 0.1) is 24.8 Å². The van der Waals surface area contributed by atoms with Gasteiger partial charge >= 0.3 is 0 Å². The van der Waals surface area contributed by atoms with Crippen molar-refractivity contribution in [2.24, 2.45) is 0 Å². The number of carbonyl (C=O) groups is 1. The van der Waals surface area contributed by atoms with Crippen molar-refractivity contribution in [1.82, 2.24) is 14.5 Å². The first-order valence-electron chi connectivity index (χ1n) is 7.79. The molecule has 1 saturated heterocycles. The van der Waals surface area contributed by atoms with Gasteiger partial charge < -0.3 is 10.1 Å². The van der Waals surface area contributed by atoms with Gasteiger partial charge in [0.25, 0.3) is 0 Å². The van der Waals surface area contributed by atoms with Crippen molar-refractivity contribution in [2.45, 2.75) is 4.90 Å². The minimum absolute atomic E-state index is 0.0592. The van der Waals surface area contributed by atoms with Crippen LogP contribution < -0.4 is 5.32 Å². The summed E-state index contributed by atoms with van der Waals surface area (Å²) in [5, 5.41) is 3.04. The average Bonchev–Trinajstić information content (AvgIpc) is 2.57. The molecule has 1 N–H and O–H groups in total. The van der Waals surface area contributed by atoms with Gasteiger partial charge in [0.15, 0.2) is 0 Å². The lowest BCUT2D eigenvalue weighted by molar-refractivity contribution is -0.121. The maximum Gasteiger partial charge on any atom is 0.244 e. The first-order chi connectivity index (χ1) is 11.8. The van der Waals surface area contributed by atoms with E-state index in [2.05, 4.69) is 10.2 Å². The molecule has 1 aromatic carbocycles. The first-order valence-corrected chi connectivity index (χ1v) is 9.98. The topological polar surface area (TPSA) is 79.0 Å². The smallest absolute Gasteiger partial charge is 0.244 e. The molecule has 0 spiro atoms. The number of likely N-dealkylation sites (N-methyl/N-ethyl adjacent to an activating group) is 1. The molecule has 0 saturated carbocycles. The number of morpholine rings is 1. The number of hydrogen-bond donors (Lipinski definition) is 1. The lowest BCUT2D eigenvalue weighted by Crippen LogP contribution is -2.43. The predicted molar refractivity (Wildman–Crippen MR) is 96.5 cm³/mol. The van der Waals surface area contributed by atoms with Gasteiger partial charge in [-0.3, -0.25) is 9.69 Å². The molecule has 2 rings (SSSR count). The fourth-order valence-corrected chi connectivity index (χ4v) is 4.22. The van der Waals surface area contributed by atoms with E-state index in [-0.39, 0.29) is 27.4 Å². The monoisotopic (exact) mass is 409 g/mol. The molecule has 1 aliphatic heterocycles. The van der Waals surface area contributed by atoms with Crippen LogP contribution in [-0.4, -0.2) is 76.5 Å². The summed E-state index contributed by atoms with van der Waals surface area (Å²) in [4.78, 5) is 14.1. The van der Waals surface area contributed by atoms with Crippen LogP contribution in [0.25, 0.3) is 0 Å². The highest BCUT2D eigenvalue weighted by Crippen LogP contribution is 2.26. The molecule has 1 amide bonds. The Morgan fingerprint density at radius 1 is 1.32 bits per heavy atom. The van der Waals surface area contributed by atoms with E-state index in [1.807, 2.05) is 0 Å². The van der Waals surface area contributed by atoms with Crippen molar-refractivity contribution in [1.29, 1.82) is 0 Å². The van der Waals surface area contributed by atoms with Crippen LogP contribution in [0, 0.1) is 0 Å². The van der Waals surface area contributed by atoms with Crippen molar-refractivity contribution >= 4 is 39.1 Å². The number of sulfonamides is 1. The molecular formula is C15H21Cl2N3O4S. The Hall–Kier alpha value is -0.900. The third kappa shape index (κ3) is 5.80. The number of nitrogens with zero attached hydrogens (tertiary/aromatic N) is 2. The Morgan fingerprint density at radius 3 is 2.68 bits per heavy atom. The van der Waals surface area contributed by atoms with E-state index in [1.165, 1.54) is 25.2 Å². The van der Waals surface area contributed by atoms with E-state index in [0.717, 1.165) is 17.4 Å². The number of ether oxygens (including phenoxy) is 1. The van der Waals surface area contributed by atoms with Crippen LogP contribution in [0.3, 0.4) is 0 Å². The molecule has 0 atom stereocenters. The number of nitrogens with one attached hydrogen (secondary N) is 1. The highest BCUT2D eigenvalue weighted by Gasteiger charge is 2.25. The standard InChI is InChI=1S/C15H21Cl2N3O4S/c1-19(25(22,23)14-10-12(16)2-3-13(14)17)11-15(21)18-4-5-20-6-8-24-9-7-20/h2-3,10H,4-9,11H2,1H3,(H,18,21). The van der Waals surface area contributed by atoms with Gasteiger partial charge in [0, 0.05) is 38.2 Å². The summed E-state index contributed by atoms with van der Waals surface area (Å²) in [5.74, 6) is -0.377. The summed E-state index contributed by atoms with van der Waals surface area (Å²) in [6.45, 7) is 3.89. The molecule has 0 radical (unpaired) electrons. The summed E-state index contributed by atoms with van der Waals surface area (Å²) in [5.41, 5.74) is 0. The van der Waals surface area contributed by atoms with Gasteiger partial charge in [-0.25, -0.2) is 8.42 Å². The Bertz CT molecular complexity index is 709. The molecule has 1 aliphatic rings. The van der Waals surface area contributed by atoms with Gasteiger partial charge in [-0.15, -0.1) is 0 Å². The number of halogens is 2. The van der Waals surface area contributed by atoms with Gasteiger partial charge in [-0.05, 0) is 18.2 Å². The molecule has 25 heavy (non-hydrogen) atoms. The molecule has 0 unspecified atom stereocenters. The number of benzene rings is 1. The molecule has 10 heteroatoms. The number of hydrogen-bond acceptors (Lipinski definition) is 5. The predicted octanol–water partition coefficient (Wildman–Crippen LogP) is 1.06. The Labute approximate surface area is 157 Å². The Balaban J connectivity index is 1.88. The zero-order valence-corrected chi connectivity index (χ0v) is 16.2. The quantitative estimate of drug-likeness (QED) is 0.728. The van der Waals surface area contributed by atoms with Crippen LogP contribution in [0.5, 0.6) is 0 Å². The fraction of sp³-hybridized carbons (Fsp3) is 0.533. The lowest BCUT2D eigenvalue weighted by Gasteiger charge is -2.26. The molecule has 7 nitrogen and oxygen atoms in total. The van der Waals surface area contributed by atoms with Gasteiger partial charge in [0.1, 0.15) is 4.90 Å². The van der Waals surface area contributed by atoms with E-state index >= 15 is 0 Å². The summed E-state index contributed by atoms with van der Waals surface area (Å²) in [6.07, 6.45) is 0. The fourth-order valence-electron chi connectivity index (χ4n) is 2.36. The zero-order chi connectivity index (χ0) is 18.4. The largest absolute Gasteiger partial charge is 0.379 e. The number of rotatable bonds is 7. The Kier molecular flexibility index (Phi) is 7.48. The first kappa shape index (κ1) is 20.4. The zero-order valence-electron chi connectivity index (χ0n) is 13.9. The van der Waals surface area contributed by atoms with Crippen LogP contribution in [0.2, 0.25) is 10.0 Å². The van der Waals surface area contributed by atoms with Crippen LogP contribution in [-0.2, 0) is 19.6 Å². The summed E-state index contributed by atoms with van der Waals surface area (Å²) in [7, 11) is -2.58. The van der Waals surface area contributed by atoms with Crippen molar-refractivity contribution < 1.29 is 17.9 Å². The van der Waals surface area contributed by atoms with E-state index < -0.39 is 10.0 Å². The molecular weight excluding hydrogens is 389 g/mol. The van der Waals surface area contributed by atoms with Gasteiger partial charge in [-0.1, -0.05) is 23.2 Å². The molecule has 140 valence electrons. The van der Waals surface area contributed by atoms with Crippen LogP contribution in [0.1, 0.15) is 0 Å². The maximum atomic E-state index is 12.5. The van der Waals surface area contributed by atoms with Gasteiger partial charge in [0.2, 0.25) is 15.9 Å². The van der Waals surface area contributed by atoms with E-state index in [1.54, 1.807) is 0 Å². The molecule has 0 aromatic heterocycles. The van der Waals surface area contributed by atoms with Crippen LogP contribution >= 0.6 is 23.2 Å². The second kappa shape index (κ2) is 9.16.